The molecule has 10 nitrogen and oxygen atoms in total. The Kier molecular flexibility index (Phi) is 7.86. The van der Waals surface area contributed by atoms with Crippen molar-refractivity contribution in [1.29, 1.82) is 0 Å². The molecular formula is C24H27N7O3. The van der Waals surface area contributed by atoms with Crippen molar-refractivity contribution in [3.8, 4) is 5.75 Å². The standard InChI is InChI=1S/C24H27N7O3/c32-20(31-33)10-6-1-2-7-15-34-19-13-11-18(12-14-19)28-24-29-22-21(25-16-26-22)23(30-24)27-17-8-4-3-5-9-17/h3-5,8-9,11-14,16,33H,1-2,6-7,10,15H2,(H,31,32)(H3,25,26,27,28,29,30). The number of hydroxylamine groups is 1. The van der Waals surface area contributed by atoms with Gasteiger partial charge in [0.25, 0.3) is 0 Å². The van der Waals surface area contributed by atoms with Crippen LogP contribution in [0.25, 0.3) is 11.2 Å². The molecule has 0 aliphatic carbocycles. The monoisotopic (exact) mass is 461 g/mol. The minimum atomic E-state index is -0.344. The van der Waals surface area contributed by atoms with Gasteiger partial charge in [0.05, 0.1) is 12.9 Å². The Bertz CT molecular complexity index is 1200. The number of anilines is 4. The highest BCUT2D eigenvalue weighted by atomic mass is 16.5. The number of H-pyrrole nitrogens is 1. The summed E-state index contributed by atoms with van der Waals surface area (Å²) in [6, 6.07) is 17.4. The third kappa shape index (κ3) is 6.42. The van der Waals surface area contributed by atoms with Crippen LogP contribution in [0.5, 0.6) is 5.75 Å². The molecule has 4 rings (SSSR count). The number of hydrogen-bond acceptors (Lipinski definition) is 8. The van der Waals surface area contributed by atoms with Crippen molar-refractivity contribution in [3.05, 3.63) is 60.9 Å². The first-order valence-electron chi connectivity index (χ1n) is 11.2. The van der Waals surface area contributed by atoms with E-state index < -0.39 is 0 Å². The molecule has 10 heteroatoms. The largest absolute Gasteiger partial charge is 0.494 e. The van der Waals surface area contributed by atoms with Crippen molar-refractivity contribution in [2.24, 2.45) is 0 Å². The van der Waals surface area contributed by atoms with Crippen molar-refractivity contribution in [2.75, 3.05) is 17.2 Å². The Balaban J connectivity index is 1.30. The van der Waals surface area contributed by atoms with E-state index in [1.54, 1.807) is 11.8 Å². The number of benzene rings is 2. The fourth-order valence-electron chi connectivity index (χ4n) is 3.39. The minimum Gasteiger partial charge on any atom is -0.494 e. The molecule has 2 heterocycles. The molecule has 4 aromatic rings. The smallest absolute Gasteiger partial charge is 0.243 e. The number of carbonyl (C=O) groups excluding carboxylic acids is 1. The molecular weight excluding hydrogens is 434 g/mol. The second kappa shape index (κ2) is 11.6. The molecule has 2 aromatic heterocycles. The first kappa shape index (κ1) is 23.0. The Morgan fingerprint density at radius 1 is 0.912 bits per heavy atom. The van der Waals surface area contributed by atoms with Crippen LogP contribution in [0.15, 0.2) is 60.9 Å². The second-order valence-corrected chi connectivity index (χ2v) is 7.69. The molecule has 0 saturated carbocycles. The second-order valence-electron chi connectivity index (χ2n) is 7.69. The van der Waals surface area contributed by atoms with Crippen molar-refractivity contribution in [2.45, 2.75) is 32.1 Å². The lowest BCUT2D eigenvalue weighted by atomic mass is 10.1. The van der Waals surface area contributed by atoms with Crippen LogP contribution < -0.4 is 20.9 Å². The summed E-state index contributed by atoms with van der Waals surface area (Å²) in [7, 11) is 0. The lowest BCUT2D eigenvalue weighted by Gasteiger charge is -2.10. The van der Waals surface area contributed by atoms with Crippen LogP contribution in [0, 0.1) is 0 Å². The minimum absolute atomic E-state index is 0.340. The predicted octanol–water partition coefficient (Wildman–Crippen LogP) is 4.67. The third-order valence-electron chi connectivity index (χ3n) is 5.12. The summed E-state index contributed by atoms with van der Waals surface area (Å²) in [6.45, 7) is 0.604. The van der Waals surface area contributed by atoms with Crippen LogP contribution in [0.2, 0.25) is 0 Å². The molecule has 0 spiro atoms. The number of aromatic amines is 1. The molecule has 0 saturated heterocycles. The normalized spacial score (nSPS) is 10.7. The van der Waals surface area contributed by atoms with Crippen LogP contribution in [-0.4, -0.2) is 37.7 Å². The quantitative estimate of drug-likeness (QED) is 0.117. The molecule has 0 radical (unpaired) electrons. The highest BCUT2D eigenvalue weighted by molar-refractivity contribution is 5.86. The fourth-order valence-corrected chi connectivity index (χ4v) is 3.39. The Morgan fingerprint density at radius 3 is 2.47 bits per heavy atom. The van der Waals surface area contributed by atoms with Gasteiger partial charge in [0, 0.05) is 17.8 Å². The maximum Gasteiger partial charge on any atom is 0.243 e. The summed E-state index contributed by atoms with van der Waals surface area (Å²) in [5, 5.41) is 15.0. The van der Waals surface area contributed by atoms with Crippen molar-refractivity contribution in [3.63, 3.8) is 0 Å². The summed E-state index contributed by atoms with van der Waals surface area (Å²) in [5.41, 5.74) is 4.68. The summed E-state index contributed by atoms with van der Waals surface area (Å²) in [6.07, 6.45) is 5.46. The van der Waals surface area contributed by atoms with E-state index in [2.05, 4.69) is 30.6 Å². The number of unbranched alkanes of at least 4 members (excludes halogenated alkanes) is 3. The number of rotatable bonds is 12. The van der Waals surface area contributed by atoms with Gasteiger partial charge in [-0.3, -0.25) is 10.0 Å². The average molecular weight is 462 g/mol. The third-order valence-corrected chi connectivity index (χ3v) is 5.12. The van der Waals surface area contributed by atoms with Crippen LogP contribution >= 0.6 is 0 Å². The zero-order valence-electron chi connectivity index (χ0n) is 18.6. The maximum atomic E-state index is 11.0. The van der Waals surface area contributed by atoms with Gasteiger partial charge in [-0.05, 0) is 49.2 Å². The van der Waals surface area contributed by atoms with Gasteiger partial charge in [0.1, 0.15) is 11.3 Å². The van der Waals surface area contributed by atoms with Crippen LogP contribution in [0.3, 0.4) is 0 Å². The van der Waals surface area contributed by atoms with E-state index in [0.717, 1.165) is 48.3 Å². The Hall–Kier alpha value is -4.18. The summed E-state index contributed by atoms with van der Waals surface area (Å²) >= 11 is 0. The molecule has 0 bridgehead atoms. The van der Waals surface area contributed by atoms with Gasteiger partial charge in [-0.25, -0.2) is 10.5 Å². The molecule has 5 N–H and O–H groups in total. The zero-order valence-corrected chi connectivity index (χ0v) is 18.6. The van der Waals surface area contributed by atoms with E-state index in [0.29, 0.717) is 30.4 Å². The molecule has 0 unspecified atom stereocenters. The number of para-hydroxylation sites is 1. The van der Waals surface area contributed by atoms with Crippen molar-refractivity contribution in [1.82, 2.24) is 25.4 Å². The van der Waals surface area contributed by atoms with Gasteiger partial charge in [0.15, 0.2) is 11.5 Å². The molecule has 0 aliphatic heterocycles. The zero-order chi connectivity index (χ0) is 23.6. The van der Waals surface area contributed by atoms with Crippen molar-refractivity contribution >= 4 is 40.2 Å². The highest BCUT2D eigenvalue weighted by Gasteiger charge is 2.11. The van der Waals surface area contributed by atoms with Gasteiger partial charge >= 0.3 is 0 Å². The van der Waals surface area contributed by atoms with Crippen LogP contribution in [-0.2, 0) is 4.79 Å². The molecule has 0 aliphatic rings. The number of aromatic nitrogens is 4. The molecule has 1 amide bonds. The number of ether oxygens (including phenoxy) is 1. The number of hydrogen-bond donors (Lipinski definition) is 5. The average Bonchev–Trinajstić information content (AvgIpc) is 3.34. The number of nitrogens with zero attached hydrogens (tertiary/aromatic N) is 3. The fraction of sp³-hybridized carbons (Fsp3) is 0.250. The van der Waals surface area contributed by atoms with Gasteiger partial charge in [-0.1, -0.05) is 31.0 Å². The topological polar surface area (TPSA) is 137 Å². The van der Waals surface area contributed by atoms with E-state index in [1.807, 2.05) is 54.6 Å². The van der Waals surface area contributed by atoms with E-state index in [-0.39, 0.29) is 5.91 Å². The summed E-state index contributed by atoms with van der Waals surface area (Å²) in [4.78, 5) is 27.4. The lowest BCUT2D eigenvalue weighted by molar-refractivity contribution is -0.129. The first-order valence-corrected chi connectivity index (χ1v) is 11.2. The molecule has 0 fully saturated rings. The number of carbonyl (C=O) groups is 1. The van der Waals surface area contributed by atoms with Gasteiger partial charge in [0.2, 0.25) is 11.9 Å². The lowest BCUT2D eigenvalue weighted by Crippen LogP contribution is -2.17. The first-order chi connectivity index (χ1) is 16.7. The van der Waals surface area contributed by atoms with Gasteiger partial charge < -0.3 is 20.4 Å². The van der Waals surface area contributed by atoms with E-state index in [4.69, 9.17) is 9.94 Å². The van der Waals surface area contributed by atoms with Gasteiger partial charge in [-0.2, -0.15) is 9.97 Å². The van der Waals surface area contributed by atoms with Crippen LogP contribution in [0.4, 0.5) is 23.1 Å². The Labute approximate surface area is 196 Å². The molecule has 2 aromatic carbocycles. The number of nitrogens with one attached hydrogen (secondary N) is 4. The van der Waals surface area contributed by atoms with Crippen molar-refractivity contribution < 1.29 is 14.7 Å². The van der Waals surface area contributed by atoms with E-state index >= 15 is 0 Å². The molecule has 176 valence electrons. The van der Waals surface area contributed by atoms with E-state index in [1.165, 1.54) is 0 Å². The number of imidazole rings is 1. The summed E-state index contributed by atoms with van der Waals surface area (Å²) < 4.78 is 5.79. The Morgan fingerprint density at radius 2 is 1.68 bits per heavy atom. The molecule has 0 atom stereocenters. The predicted molar refractivity (Wildman–Crippen MR) is 130 cm³/mol. The SMILES string of the molecule is O=C(CCCCCCOc1ccc(Nc2nc(Nc3ccccc3)c3[nH]cnc3n2)cc1)NO. The molecule has 34 heavy (non-hydrogen) atoms. The van der Waals surface area contributed by atoms with E-state index in [9.17, 15) is 4.79 Å². The van der Waals surface area contributed by atoms with Crippen LogP contribution in [0.1, 0.15) is 32.1 Å². The van der Waals surface area contributed by atoms with Gasteiger partial charge in [-0.15, -0.1) is 0 Å². The highest BCUT2D eigenvalue weighted by Crippen LogP contribution is 2.25. The number of amides is 1. The number of fused-ring (bicyclic) bond motifs is 1. The maximum absolute atomic E-state index is 11.0. The summed E-state index contributed by atoms with van der Waals surface area (Å²) in [5.74, 6) is 1.50.